The fourth-order valence-electron chi connectivity index (χ4n) is 0.736. The lowest BCUT2D eigenvalue weighted by atomic mass is 10.4. The van der Waals surface area contributed by atoms with Gasteiger partial charge in [-0.1, -0.05) is 0 Å². The zero-order valence-corrected chi connectivity index (χ0v) is 6.71. The standard InChI is InChI=1S/C6H10F3NO3/c7-6(8,9)5(13)10(1-3-11)2-4-12/h11-12H,1-4H2. The molecule has 1 amide bonds. The van der Waals surface area contributed by atoms with E-state index in [1.54, 1.807) is 0 Å². The van der Waals surface area contributed by atoms with Crippen LogP contribution in [0.25, 0.3) is 0 Å². The molecule has 0 aliphatic heterocycles. The number of nitrogens with zero attached hydrogens (tertiary/aromatic N) is 1. The average molecular weight is 201 g/mol. The summed E-state index contributed by atoms with van der Waals surface area (Å²) in [6.07, 6.45) is -4.95. The maximum absolute atomic E-state index is 11.8. The van der Waals surface area contributed by atoms with Gasteiger partial charge in [0.05, 0.1) is 13.2 Å². The number of rotatable bonds is 4. The van der Waals surface area contributed by atoms with E-state index in [1.165, 1.54) is 0 Å². The Labute approximate surface area is 72.6 Å². The molecule has 78 valence electrons. The van der Waals surface area contributed by atoms with Crippen LogP contribution in [-0.2, 0) is 4.79 Å². The van der Waals surface area contributed by atoms with Crippen LogP contribution in [0.5, 0.6) is 0 Å². The summed E-state index contributed by atoms with van der Waals surface area (Å²) in [5.74, 6) is -2.05. The minimum absolute atomic E-state index is 0.347. The normalized spacial score (nSPS) is 11.5. The van der Waals surface area contributed by atoms with Crippen molar-refractivity contribution in [1.29, 1.82) is 0 Å². The topological polar surface area (TPSA) is 60.8 Å². The van der Waals surface area contributed by atoms with Crippen LogP contribution in [0.1, 0.15) is 0 Å². The molecular formula is C6H10F3NO3. The van der Waals surface area contributed by atoms with Crippen LogP contribution in [0, 0.1) is 0 Å². The van der Waals surface area contributed by atoms with Gasteiger partial charge >= 0.3 is 12.1 Å². The predicted octanol–water partition coefficient (Wildman–Crippen LogP) is -0.638. The second-order valence-corrected chi connectivity index (χ2v) is 2.24. The van der Waals surface area contributed by atoms with Crippen molar-refractivity contribution in [3.05, 3.63) is 0 Å². The number of amides is 1. The first-order chi connectivity index (χ1) is 5.93. The second-order valence-electron chi connectivity index (χ2n) is 2.24. The summed E-state index contributed by atoms with van der Waals surface area (Å²) in [5, 5.41) is 16.7. The van der Waals surface area contributed by atoms with Crippen LogP contribution in [0.3, 0.4) is 0 Å². The Balaban J connectivity index is 4.27. The molecule has 0 aromatic heterocycles. The maximum atomic E-state index is 11.8. The van der Waals surface area contributed by atoms with Gasteiger partial charge in [0.2, 0.25) is 0 Å². The van der Waals surface area contributed by atoms with E-state index in [-0.39, 0.29) is 0 Å². The molecule has 7 heteroatoms. The molecule has 0 spiro atoms. The van der Waals surface area contributed by atoms with E-state index >= 15 is 0 Å². The van der Waals surface area contributed by atoms with Gasteiger partial charge in [-0.15, -0.1) is 0 Å². The number of carbonyl (C=O) groups is 1. The average Bonchev–Trinajstić information content (AvgIpc) is 2.01. The first-order valence-electron chi connectivity index (χ1n) is 3.51. The van der Waals surface area contributed by atoms with Crippen LogP contribution in [0.15, 0.2) is 0 Å². The Hall–Kier alpha value is -0.820. The van der Waals surface area contributed by atoms with Gasteiger partial charge in [0, 0.05) is 13.1 Å². The lowest BCUT2D eigenvalue weighted by Gasteiger charge is -2.21. The van der Waals surface area contributed by atoms with E-state index in [1.807, 2.05) is 0 Å². The largest absolute Gasteiger partial charge is 0.471 e. The molecule has 0 aromatic carbocycles. The highest BCUT2D eigenvalue weighted by molar-refractivity contribution is 5.81. The SMILES string of the molecule is O=C(N(CCO)CCO)C(F)(F)F. The predicted molar refractivity (Wildman–Crippen MR) is 36.8 cm³/mol. The zero-order valence-electron chi connectivity index (χ0n) is 6.71. The fourth-order valence-corrected chi connectivity index (χ4v) is 0.736. The molecule has 0 aliphatic carbocycles. The van der Waals surface area contributed by atoms with Gasteiger partial charge in [-0.3, -0.25) is 4.79 Å². The first kappa shape index (κ1) is 12.2. The van der Waals surface area contributed by atoms with Crippen molar-refractivity contribution in [2.75, 3.05) is 26.3 Å². The van der Waals surface area contributed by atoms with E-state index in [4.69, 9.17) is 10.2 Å². The van der Waals surface area contributed by atoms with E-state index < -0.39 is 38.4 Å². The molecule has 0 radical (unpaired) electrons. The molecule has 0 bridgehead atoms. The third kappa shape index (κ3) is 4.09. The van der Waals surface area contributed by atoms with Gasteiger partial charge in [-0.25, -0.2) is 0 Å². The Morgan fingerprint density at radius 3 is 1.77 bits per heavy atom. The van der Waals surface area contributed by atoms with Crippen LogP contribution in [-0.4, -0.2) is 53.5 Å². The highest BCUT2D eigenvalue weighted by atomic mass is 19.4. The molecule has 0 aliphatic rings. The second kappa shape index (κ2) is 5.03. The monoisotopic (exact) mass is 201 g/mol. The number of alkyl halides is 3. The fraction of sp³-hybridized carbons (Fsp3) is 0.833. The maximum Gasteiger partial charge on any atom is 0.471 e. The molecule has 2 N–H and O–H groups in total. The zero-order chi connectivity index (χ0) is 10.5. The highest BCUT2D eigenvalue weighted by Gasteiger charge is 2.41. The van der Waals surface area contributed by atoms with Crippen molar-refractivity contribution in [3.8, 4) is 0 Å². The van der Waals surface area contributed by atoms with Crippen molar-refractivity contribution in [1.82, 2.24) is 4.90 Å². The van der Waals surface area contributed by atoms with Gasteiger partial charge in [0.1, 0.15) is 0 Å². The van der Waals surface area contributed by atoms with E-state index in [2.05, 4.69) is 0 Å². The molecule has 0 aromatic rings. The number of carbonyl (C=O) groups excluding carboxylic acids is 1. The summed E-state index contributed by atoms with van der Waals surface area (Å²) in [7, 11) is 0. The Morgan fingerprint density at radius 1 is 1.15 bits per heavy atom. The number of halogens is 3. The third-order valence-electron chi connectivity index (χ3n) is 1.27. The van der Waals surface area contributed by atoms with E-state index in [0.717, 1.165) is 0 Å². The third-order valence-corrected chi connectivity index (χ3v) is 1.27. The molecule has 4 nitrogen and oxygen atoms in total. The lowest BCUT2D eigenvalue weighted by Crippen LogP contribution is -2.43. The van der Waals surface area contributed by atoms with E-state index in [0.29, 0.717) is 4.90 Å². The van der Waals surface area contributed by atoms with Gasteiger partial charge in [-0.2, -0.15) is 13.2 Å². The van der Waals surface area contributed by atoms with Crippen molar-refractivity contribution >= 4 is 5.91 Å². The van der Waals surface area contributed by atoms with Crippen LogP contribution in [0.4, 0.5) is 13.2 Å². The number of aliphatic hydroxyl groups is 2. The Bertz CT molecular complexity index is 165. The molecule has 0 saturated carbocycles. The van der Waals surface area contributed by atoms with Crippen molar-refractivity contribution in [2.24, 2.45) is 0 Å². The van der Waals surface area contributed by atoms with Crippen molar-refractivity contribution in [2.45, 2.75) is 6.18 Å². The summed E-state index contributed by atoms with van der Waals surface area (Å²) in [5.41, 5.74) is 0. The molecule has 0 atom stereocenters. The quantitative estimate of drug-likeness (QED) is 0.636. The van der Waals surface area contributed by atoms with Gasteiger partial charge in [0.15, 0.2) is 0 Å². The summed E-state index contributed by atoms with van der Waals surface area (Å²) in [6, 6.07) is 0. The Morgan fingerprint density at radius 2 is 1.54 bits per heavy atom. The highest BCUT2D eigenvalue weighted by Crippen LogP contribution is 2.17. The Kier molecular flexibility index (Phi) is 4.71. The van der Waals surface area contributed by atoms with Crippen molar-refractivity contribution < 1.29 is 28.2 Å². The lowest BCUT2D eigenvalue weighted by molar-refractivity contribution is -0.186. The molecular weight excluding hydrogens is 191 g/mol. The van der Waals surface area contributed by atoms with Gasteiger partial charge < -0.3 is 15.1 Å². The molecule has 0 unspecified atom stereocenters. The van der Waals surface area contributed by atoms with E-state index in [9.17, 15) is 18.0 Å². The van der Waals surface area contributed by atoms with Gasteiger partial charge in [-0.05, 0) is 0 Å². The summed E-state index contributed by atoms with van der Waals surface area (Å²) < 4.78 is 35.4. The van der Waals surface area contributed by atoms with Crippen molar-refractivity contribution in [3.63, 3.8) is 0 Å². The van der Waals surface area contributed by atoms with Crippen LogP contribution < -0.4 is 0 Å². The first-order valence-corrected chi connectivity index (χ1v) is 3.51. The number of aliphatic hydroxyl groups excluding tert-OH is 2. The smallest absolute Gasteiger partial charge is 0.395 e. The van der Waals surface area contributed by atoms with Crippen LogP contribution >= 0.6 is 0 Å². The molecule has 0 saturated heterocycles. The van der Waals surface area contributed by atoms with Gasteiger partial charge in [0.25, 0.3) is 0 Å². The van der Waals surface area contributed by atoms with Crippen LogP contribution in [0.2, 0.25) is 0 Å². The summed E-state index contributed by atoms with van der Waals surface area (Å²) in [4.78, 5) is 10.9. The molecule has 13 heavy (non-hydrogen) atoms. The number of hydrogen-bond acceptors (Lipinski definition) is 3. The summed E-state index contributed by atoms with van der Waals surface area (Å²) in [6.45, 7) is -2.00. The molecule has 0 fully saturated rings. The minimum atomic E-state index is -4.95. The minimum Gasteiger partial charge on any atom is -0.395 e. The number of hydrogen-bond donors (Lipinski definition) is 2. The molecule has 0 rings (SSSR count). The summed E-state index contributed by atoms with van der Waals surface area (Å²) >= 11 is 0. The molecule has 0 heterocycles.